The van der Waals surface area contributed by atoms with Crippen LogP contribution in [0.1, 0.15) is 10.4 Å². The standard InChI is InChI=1S/C11H8OS2/c12-7-10-9-4-2-1-3-8(9)5-6-11(10)14-13/h1-7,13H. The second kappa shape index (κ2) is 4.07. The normalized spacial score (nSPS) is 10.4. The maximum atomic E-state index is 11.0. The minimum Gasteiger partial charge on any atom is -0.298 e. The lowest BCUT2D eigenvalue weighted by Crippen LogP contribution is -1.86. The number of aldehydes is 1. The van der Waals surface area contributed by atoms with Gasteiger partial charge in [0, 0.05) is 10.5 Å². The van der Waals surface area contributed by atoms with Gasteiger partial charge in [0.2, 0.25) is 0 Å². The largest absolute Gasteiger partial charge is 0.298 e. The van der Waals surface area contributed by atoms with Crippen molar-refractivity contribution in [1.82, 2.24) is 0 Å². The molecule has 0 aliphatic carbocycles. The van der Waals surface area contributed by atoms with Gasteiger partial charge in [0.25, 0.3) is 0 Å². The van der Waals surface area contributed by atoms with Crippen LogP contribution in [-0.4, -0.2) is 6.29 Å². The van der Waals surface area contributed by atoms with Crippen LogP contribution in [0, 0.1) is 0 Å². The minimum absolute atomic E-state index is 0.725. The van der Waals surface area contributed by atoms with Crippen molar-refractivity contribution in [1.29, 1.82) is 0 Å². The summed E-state index contributed by atoms with van der Waals surface area (Å²) in [7, 11) is 1.30. The highest BCUT2D eigenvalue weighted by molar-refractivity contribution is 8.68. The number of carbonyl (C=O) groups is 1. The molecule has 14 heavy (non-hydrogen) atoms. The van der Waals surface area contributed by atoms with Crippen molar-refractivity contribution in [3.8, 4) is 0 Å². The van der Waals surface area contributed by atoms with Crippen LogP contribution in [0.2, 0.25) is 0 Å². The smallest absolute Gasteiger partial charge is 0.151 e. The summed E-state index contributed by atoms with van der Waals surface area (Å²) in [6.07, 6.45) is 0.890. The summed E-state index contributed by atoms with van der Waals surface area (Å²) in [6.45, 7) is 0. The molecule has 2 aromatic rings. The van der Waals surface area contributed by atoms with Gasteiger partial charge >= 0.3 is 0 Å². The van der Waals surface area contributed by atoms with Gasteiger partial charge in [0.1, 0.15) is 0 Å². The fourth-order valence-electron chi connectivity index (χ4n) is 1.48. The van der Waals surface area contributed by atoms with Crippen molar-refractivity contribution >= 4 is 39.5 Å². The summed E-state index contributed by atoms with van der Waals surface area (Å²) in [5, 5.41) is 2.07. The third-order valence-corrected chi connectivity index (χ3v) is 3.29. The molecule has 2 aromatic carbocycles. The lowest BCUT2D eigenvalue weighted by molar-refractivity contribution is 0.112. The van der Waals surface area contributed by atoms with E-state index in [4.69, 9.17) is 0 Å². The third-order valence-electron chi connectivity index (χ3n) is 2.15. The molecule has 0 heterocycles. The summed E-state index contributed by atoms with van der Waals surface area (Å²) < 4.78 is 0. The monoisotopic (exact) mass is 220 g/mol. The first kappa shape index (κ1) is 9.62. The fourth-order valence-corrected chi connectivity index (χ4v) is 2.34. The molecule has 0 saturated heterocycles. The van der Waals surface area contributed by atoms with E-state index in [1.807, 2.05) is 36.4 Å². The van der Waals surface area contributed by atoms with Crippen LogP contribution < -0.4 is 0 Å². The number of fused-ring (bicyclic) bond motifs is 1. The van der Waals surface area contributed by atoms with E-state index in [1.54, 1.807) is 0 Å². The van der Waals surface area contributed by atoms with E-state index in [9.17, 15) is 4.79 Å². The Kier molecular flexibility index (Phi) is 2.79. The van der Waals surface area contributed by atoms with Gasteiger partial charge in [0.15, 0.2) is 6.29 Å². The van der Waals surface area contributed by atoms with Gasteiger partial charge in [-0.25, -0.2) is 0 Å². The van der Waals surface area contributed by atoms with E-state index in [0.717, 1.165) is 27.5 Å². The molecule has 0 atom stereocenters. The molecule has 0 aliphatic rings. The van der Waals surface area contributed by atoms with E-state index >= 15 is 0 Å². The van der Waals surface area contributed by atoms with Gasteiger partial charge in [-0.2, -0.15) is 0 Å². The summed E-state index contributed by atoms with van der Waals surface area (Å²) in [4.78, 5) is 11.9. The summed E-state index contributed by atoms with van der Waals surface area (Å²) >= 11 is 4.12. The van der Waals surface area contributed by atoms with E-state index in [0.29, 0.717) is 0 Å². The van der Waals surface area contributed by atoms with E-state index in [1.165, 1.54) is 10.8 Å². The number of carbonyl (C=O) groups excluding carboxylic acids is 1. The Hall–Kier alpha value is -0.930. The van der Waals surface area contributed by atoms with Gasteiger partial charge in [-0.1, -0.05) is 41.1 Å². The topological polar surface area (TPSA) is 17.1 Å². The van der Waals surface area contributed by atoms with Crippen molar-refractivity contribution in [3.63, 3.8) is 0 Å². The first-order chi connectivity index (χ1) is 6.86. The quantitative estimate of drug-likeness (QED) is 0.473. The van der Waals surface area contributed by atoms with E-state index in [-0.39, 0.29) is 0 Å². The summed E-state index contributed by atoms with van der Waals surface area (Å²) in [6, 6.07) is 11.8. The molecule has 0 aromatic heterocycles. The lowest BCUT2D eigenvalue weighted by atomic mass is 10.1. The molecule has 0 fully saturated rings. The minimum atomic E-state index is 0.725. The molecule has 0 radical (unpaired) electrons. The predicted molar refractivity (Wildman–Crippen MR) is 64.2 cm³/mol. The van der Waals surface area contributed by atoms with Gasteiger partial charge in [-0.05, 0) is 16.8 Å². The second-order valence-electron chi connectivity index (χ2n) is 2.91. The van der Waals surface area contributed by atoms with E-state index < -0.39 is 0 Å². The number of hydrogen-bond donors (Lipinski definition) is 1. The Morgan fingerprint density at radius 1 is 1.14 bits per heavy atom. The first-order valence-corrected chi connectivity index (χ1v) is 6.02. The molecule has 0 spiro atoms. The highest BCUT2D eigenvalue weighted by Crippen LogP contribution is 2.30. The van der Waals surface area contributed by atoms with Crippen LogP contribution >= 0.6 is 22.5 Å². The molecule has 1 nitrogen and oxygen atoms in total. The zero-order valence-electron chi connectivity index (χ0n) is 7.31. The average molecular weight is 220 g/mol. The number of hydrogen-bond acceptors (Lipinski definition) is 3. The maximum absolute atomic E-state index is 11.0. The van der Waals surface area contributed by atoms with Crippen molar-refractivity contribution in [2.75, 3.05) is 0 Å². The summed E-state index contributed by atoms with van der Waals surface area (Å²) in [5.41, 5.74) is 0.725. The molecule has 0 aliphatic heterocycles. The molecule has 0 saturated carbocycles. The maximum Gasteiger partial charge on any atom is 0.151 e. The van der Waals surface area contributed by atoms with Crippen molar-refractivity contribution in [2.45, 2.75) is 4.90 Å². The molecular formula is C11H8OS2. The van der Waals surface area contributed by atoms with Crippen molar-refractivity contribution in [3.05, 3.63) is 42.0 Å². The molecule has 0 bridgehead atoms. The molecule has 0 amide bonds. The average Bonchev–Trinajstić information content (AvgIpc) is 2.27. The van der Waals surface area contributed by atoms with Gasteiger partial charge < -0.3 is 0 Å². The highest BCUT2D eigenvalue weighted by Gasteiger charge is 2.05. The van der Waals surface area contributed by atoms with Gasteiger partial charge in [-0.15, -0.1) is 11.7 Å². The Morgan fingerprint density at radius 2 is 1.93 bits per heavy atom. The Bertz CT molecular complexity index is 480. The van der Waals surface area contributed by atoms with Crippen LogP contribution in [0.25, 0.3) is 10.8 Å². The Labute approximate surface area is 91.3 Å². The van der Waals surface area contributed by atoms with Crippen LogP contribution in [0.3, 0.4) is 0 Å². The zero-order chi connectivity index (χ0) is 9.97. The first-order valence-electron chi connectivity index (χ1n) is 4.15. The number of rotatable bonds is 2. The van der Waals surface area contributed by atoms with Crippen molar-refractivity contribution in [2.24, 2.45) is 0 Å². The lowest BCUT2D eigenvalue weighted by Gasteiger charge is -2.04. The van der Waals surface area contributed by atoms with Crippen LogP contribution in [0.15, 0.2) is 41.3 Å². The third kappa shape index (κ3) is 1.53. The van der Waals surface area contributed by atoms with Crippen LogP contribution in [-0.2, 0) is 0 Å². The summed E-state index contributed by atoms with van der Waals surface area (Å²) in [5.74, 6) is 0. The fraction of sp³-hybridized carbons (Fsp3) is 0. The molecule has 3 heteroatoms. The van der Waals surface area contributed by atoms with Crippen LogP contribution in [0.5, 0.6) is 0 Å². The SMILES string of the molecule is O=Cc1c(SS)ccc2ccccc12. The Morgan fingerprint density at radius 3 is 2.64 bits per heavy atom. The molecule has 0 unspecified atom stereocenters. The molecule has 2 rings (SSSR count). The number of benzene rings is 2. The highest BCUT2D eigenvalue weighted by atomic mass is 33.1. The second-order valence-corrected chi connectivity index (χ2v) is 4.08. The van der Waals surface area contributed by atoms with E-state index in [2.05, 4.69) is 11.7 Å². The van der Waals surface area contributed by atoms with Crippen LogP contribution in [0.4, 0.5) is 0 Å². The molecule has 0 N–H and O–H groups in total. The van der Waals surface area contributed by atoms with Gasteiger partial charge in [-0.3, -0.25) is 4.79 Å². The molecule has 70 valence electrons. The number of thiol groups is 1. The van der Waals surface area contributed by atoms with Crippen molar-refractivity contribution < 1.29 is 4.79 Å². The zero-order valence-corrected chi connectivity index (χ0v) is 9.02. The Balaban J connectivity index is 2.83. The van der Waals surface area contributed by atoms with Gasteiger partial charge in [0.05, 0.1) is 0 Å². The predicted octanol–water partition coefficient (Wildman–Crippen LogP) is 3.59. The molecular weight excluding hydrogens is 212 g/mol.